The minimum Gasteiger partial charge on any atom is -0.317 e. The summed E-state index contributed by atoms with van der Waals surface area (Å²) in [7, 11) is 2.13. The van der Waals surface area contributed by atoms with Gasteiger partial charge in [0.1, 0.15) is 0 Å². The first kappa shape index (κ1) is 14.3. The van der Waals surface area contributed by atoms with E-state index in [1.807, 2.05) is 0 Å². The number of nitrogens with zero attached hydrogens (tertiary/aromatic N) is 1. The Morgan fingerprint density at radius 1 is 1.11 bits per heavy atom. The van der Waals surface area contributed by atoms with E-state index in [0.29, 0.717) is 0 Å². The molecule has 2 nitrogen and oxygen atoms in total. The third kappa shape index (κ3) is 3.08. The Kier molecular flexibility index (Phi) is 5.08. The molecule has 0 aromatic carbocycles. The molecule has 2 heteroatoms. The first-order valence-corrected chi connectivity index (χ1v) is 8.07. The number of likely N-dealkylation sites (tertiary alicyclic amines) is 1. The Labute approximate surface area is 114 Å². The van der Waals surface area contributed by atoms with Crippen molar-refractivity contribution in [1.29, 1.82) is 0 Å². The number of hydrogen-bond donors (Lipinski definition) is 1. The van der Waals surface area contributed by atoms with E-state index in [-0.39, 0.29) is 0 Å². The Bertz CT molecular complexity index is 253. The van der Waals surface area contributed by atoms with Gasteiger partial charge in [-0.25, -0.2) is 0 Å². The minimum absolute atomic E-state index is 0.756. The maximum absolute atomic E-state index is 3.52. The zero-order chi connectivity index (χ0) is 13.1. The highest BCUT2D eigenvalue weighted by Gasteiger charge is 2.33. The average Bonchev–Trinajstić information content (AvgIpc) is 2.41. The summed E-state index contributed by atoms with van der Waals surface area (Å²) in [6.07, 6.45) is 6.97. The van der Waals surface area contributed by atoms with Crippen LogP contribution >= 0.6 is 0 Å². The van der Waals surface area contributed by atoms with Crippen LogP contribution < -0.4 is 5.32 Å². The Balaban J connectivity index is 1.90. The van der Waals surface area contributed by atoms with Crippen molar-refractivity contribution in [1.82, 2.24) is 10.2 Å². The van der Waals surface area contributed by atoms with Crippen LogP contribution in [-0.2, 0) is 0 Å². The van der Waals surface area contributed by atoms with E-state index in [1.165, 1.54) is 45.2 Å². The third-order valence-corrected chi connectivity index (χ3v) is 5.75. The summed E-state index contributed by atoms with van der Waals surface area (Å²) in [4.78, 5) is 2.81. The van der Waals surface area contributed by atoms with Crippen molar-refractivity contribution < 1.29 is 0 Å². The first-order valence-electron chi connectivity index (χ1n) is 8.07. The summed E-state index contributed by atoms with van der Waals surface area (Å²) >= 11 is 0. The molecule has 5 unspecified atom stereocenters. The van der Waals surface area contributed by atoms with E-state index in [0.717, 1.165) is 29.8 Å². The van der Waals surface area contributed by atoms with E-state index in [4.69, 9.17) is 0 Å². The highest BCUT2D eigenvalue weighted by molar-refractivity contribution is 4.89. The maximum atomic E-state index is 3.52. The fourth-order valence-electron chi connectivity index (χ4n) is 4.04. The third-order valence-electron chi connectivity index (χ3n) is 5.75. The predicted molar refractivity (Wildman–Crippen MR) is 78.8 cm³/mol. The van der Waals surface area contributed by atoms with Crippen LogP contribution in [0.5, 0.6) is 0 Å². The molecule has 1 heterocycles. The van der Waals surface area contributed by atoms with Crippen LogP contribution in [0.1, 0.15) is 52.9 Å². The average molecular weight is 252 g/mol. The van der Waals surface area contributed by atoms with Crippen molar-refractivity contribution in [3.05, 3.63) is 0 Å². The van der Waals surface area contributed by atoms with Crippen molar-refractivity contribution >= 4 is 0 Å². The van der Waals surface area contributed by atoms with Gasteiger partial charge in [-0.1, -0.05) is 27.2 Å². The molecule has 18 heavy (non-hydrogen) atoms. The Hall–Kier alpha value is -0.0800. The second kappa shape index (κ2) is 6.38. The summed E-state index contributed by atoms with van der Waals surface area (Å²) in [5.41, 5.74) is 0. The summed E-state index contributed by atoms with van der Waals surface area (Å²) in [6, 6.07) is 1.63. The molecule has 2 aliphatic rings. The first-order chi connectivity index (χ1) is 8.65. The highest BCUT2D eigenvalue weighted by atomic mass is 15.2. The fourth-order valence-corrected chi connectivity index (χ4v) is 4.04. The molecule has 1 saturated heterocycles. The molecule has 1 aliphatic carbocycles. The Morgan fingerprint density at radius 3 is 2.50 bits per heavy atom. The number of hydrogen-bond acceptors (Lipinski definition) is 2. The number of nitrogens with one attached hydrogen (secondary N) is 1. The largest absolute Gasteiger partial charge is 0.317 e. The van der Waals surface area contributed by atoms with Crippen LogP contribution in [0.3, 0.4) is 0 Å². The lowest BCUT2D eigenvalue weighted by molar-refractivity contribution is 0.0548. The monoisotopic (exact) mass is 252 g/mol. The molecule has 106 valence electrons. The van der Waals surface area contributed by atoms with E-state index < -0.39 is 0 Å². The normalized spacial score (nSPS) is 43.0. The van der Waals surface area contributed by atoms with Gasteiger partial charge < -0.3 is 5.32 Å². The molecular weight excluding hydrogens is 220 g/mol. The topological polar surface area (TPSA) is 15.3 Å². The van der Waals surface area contributed by atoms with E-state index in [1.54, 1.807) is 0 Å². The smallest absolute Gasteiger partial charge is 0.0117 e. The van der Waals surface area contributed by atoms with Crippen molar-refractivity contribution in [3.8, 4) is 0 Å². The fraction of sp³-hybridized carbons (Fsp3) is 1.00. The van der Waals surface area contributed by atoms with Crippen LogP contribution in [0.4, 0.5) is 0 Å². The summed E-state index contributed by atoms with van der Waals surface area (Å²) < 4.78 is 0. The molecule has 1 N–H and O–H groups in total. The van der Waals surface area contributed by atoms with Gasteiger partial charge in [0.2, 0.25) is 0 Å². The van der Waals surface area contributed by atoms with Gasteiger partial charge in [-0.2, -0.15) is 0 Å². The van der Waals surface area contributed by atoms with Gasteiger partial charge in [0.25, 0.3) is 0 Å². The van der Waals surface area contributed by atoms with E-state index in [2.05, 4.69) is 38.0 Å². The lowest BCUT2D eigenvalue weighted by Gasteiger charge is -2.45. The highest BCUT2D eigenvalue weighted by Crippen LogP contribution is 2.34. The molecule has 0 amide bonds. The van der Waals surface area contributed by atoms with Crippen LogP contribution in [0.25, 0.3) is 0 Å². The molecule has 1 saturated carbocycles. The van der Waals surface area contributed by atoms with Crippen LogP contribution in [0, 0.1) is 17.8 Å². The second-order valence-electron chi connectivity index (χ2n) is 6.77. The molecule has 2 fully saturated rings. The van der Waals surface area contributed by atoms with Crippen LogP contribution in [0.2, 0.25) is 0 Å². The number of rotatable bonds is 3. The number of piperidine rings is 1. The lowest BCUT2D eigenvalue weighted by Crippen LogP contribution is -2.52. The quantitative estimate of drug-likeness (QED) is 0.830. The molecule has 2 rings (SSSR count). The minimum atomic E-state index is 0.756. The van der Waals surface area contributed by atoms with Gasteiger partial charge >= 0.3 is 0 Å². The zero-order valence-electron chi connectivity index (χ0n) is 12.8. The SMILES string of the molecule is CCC1CN(C2CCC(C)C(C)C2)CCC1NC. The molecule has 0 aromatic rings. The maximum Gasteiger partial charge on any atom is 0.0117 e. The Morgan fingerprint density at radius 2 is 1.89 bits per heavy atom. The van der Waals surface area contributed by atoms with Gasteiger partial charge in [0.15, 0.2) is 0 Å². The summed E-state index contributed by atoms with van der Waals surface area (Å²) in [5, 5.41) is 3.52. The standard InChI is InChI=1S/C16H32N2/c1-5-14-11-18(9-8-16(14)17-4)15-7-6-12(2)13(3)10-15/h12-17H,5-11H2,1-4H3. The summed E-state index contributed by atoms with van der Waals surface area (Å²) in [5.74, 6) is 2.72. The molecule has 0 bridgehead atoms. The molecule has 0 aromatic heterocycles. The van der Waals surface area contributed by atoms with Crippen molar-refractivity contribution in [3.63, 3.8) is 0 Å². The molecule has 0 spiro atoms. The predicted octanol–water partition coefficient (Wildman–Crippen LogP) is 3.13. The van der Waals surface area contributed by atoms with E-state index >= 15 is 0 Å². The molecule has 0 radical (unpaired) electrons. The van der Waals surface area contributed by atoms with Crippen LogP contribution in [-0.4, -0.2) is 37.1 Å². The lowest BCUT2D eigenvalue weighted by atomic mass is 9.77. The second-order valence-corrected chi connectivity index (χ2v) is 6.77. The van der Waals surface area contributed by atoms with Gasteiger partial charge in [-0.05, 0) is 57.0 Å². The van der Waals surface area contributed by atoms with Crippen molar-refractivity contribution in [2.75, 3.05) is 20.1 Å². The van der Waals surface area contributed by atoms with E-state index in [9.17, 15) is 0 Å². The molecule has 5 atom stereocenters. The van der Waals surface area contributed by atoms with Gasteiger partial charge in [-0.3, -0.25) is 4.90 Å². The molecular formula is C16H32N2. The van der Waals surface area contributed by atoms with Crippen LogP contribution in [0.15, 0.2) is 0 Å². The van der Waals surface area contributed by atoms with Crippen molar-refractivity contribution in [2.24, 2.45) is 17.8 Å². The summed E-state index contributed by atoms with van der Waals surface area (Å²) in [6.45, 7) is 9.88. The van der Waals surface area contributed by atoms with Gasteiger partial charge in [-0.15, -0.1) is 0 Å². The molecule has 1 aliphatic heterocycles. The van der Waals surface area contributed by atoms with Gasteiger partial charge in [0.05, 0.1) is 0 Å². The van der Waals surface area contributed by atoms with Gasteiger partial charge in [0, 0.05) is 18.6 Å². The zero-order valence-corrected chi connectivity index (χ0v) is 12.8. The van der Waals surface area contributed by atoms with Crippen molar-refractivity contribution in [2.45, 2.75) is 65.0 Å².